The van der Waals surface area contributed by atoms with E-state index >= 15 is 0 Å². The van der Waals surface area contributed by atoms with Gasteiger partial charge in [0.25, 0.3) is 5.91 Å². The van der Waals surface area contributed by atoms with Crippen LogP contribution in [0.4, 0.5) is 0 Å². The van der Waals surface area contributed by atoms with Gasteiger partial charge in [-0.05, 0) is 67.5 Å². The van der Waals surface area contributed by atoms with Crippen molar-refractivity contribution in [3.8, 4) is 0 Å². The van der Waals surface area contributed by atoms with Crippen LogP contribution in [0, 0.1) is 0 Å². The summed E-state index contributed by atoms with van der Waals surface area (Å²) in [7, 11) is 0. The molecule has 1 aliphatic heterocycles. The Kier molecular flexibility index (Phi) is 3.73. The van der Waals surface area contributed by atoms with Gasteiger partial charge in [0.2, 0.25) is 0 Å². The average Bonchev–Trinajstić information content (AvgIpc) is 3.33. The molecular weight excluding hydrogens is 324 g/mol. The monoisotopic (exact) mass is 346 g/mol. The lowest BCUT2D eigenvalue weighted by atomic mass is 9.96. The van der Waals surface area contributed by atoms with Crippen LogP contribution in [0.25, 0.3) is 5.65 Å². The molecule has 1 unspecified atom stereocenters. The molecule has 0 bridgehead atoms. The van der Waals surface area contributed by atoms with Crippen molar-refractivity contribution in [2.75, 3.05) is 13.1 Å². The molecule has 5 nitrogen and oxygen atoms in total. The molecule has 0 saturated carbocycles. The number of nitrogens with zero attached hydrogens (tertiary/aromatic N) is 4. The molecule has 3 aromatic rings. The molecule has 1 atom stereocenters. The number of aromatic nitrogens is 3. The Morgan fingerprint density at radius 1 is 1.04 bits per heavy atom. The fraction of sp³-hybridized carbons (Fsp3) is 0.381. The molecule has 2 aliphatic rings. The second-order valence-corrected chi connectivity index (χ2v) is 7.41. The molecule has 132 valence electrons. The second kappa shape index (κ2) is 6.24. The molecule has 0 radical (unpaired) electrons. The van der Waals surface area contributed by atoms with Gasteiger partial charge in [0.05, 0.1) is 0 Å². The van der Waals surface area contributed by atoms with Crippen molar-refractivity contribution < 1.29 is 4.79 Å². The lowest BCUT2D eigenvalue weighted by Crippen LogP contribution is -2.39. The zero-order valence-electron chi connectivity index (χ0n) is 14.8. The molecule has 1 amide bonds. The van der Waals surface area contributed by atoms with Crippen LogP contribution in [0.5, 0.6) is 0 Å². The van der Waals surface area contributed by atoms with Crippen molar-refractivity contribution in [1.82, 2.24) is 19.5 Å². The van der Waals surface area contributed by atoms with Crippen molar-refractivity contribution in [2.45, 2.75) is 38.0 Å². The Labute approximate surface area is 152 Å². The number of pyridine rings is 1. The van der Waals surface area contributed by atoms with Gasteiger partial charge < -0.3 is 4.90 Å². The maximum absolute atomic E-state index is 13.1. The quantitative estimate of drug-likeness (QED) is 0.716. The fourth-order valence-electron chi connectivity index (χ4n) is 4.40. The number of carbonyl (C=O) groups excluding carboxylic acids is 1. The highest BCUT2D eigenvalue weighted by molar-refractivity contribution is 5.94. The van der Waals surface area contributed by atoms with Gasteiger partial charge in [0, 0.05) is 30.8 Å². The van der Waals surface area contributed by atoms with E-state index in [1.165, 1.54) is 17.5 Å². The molecular formula is C21H22N4O. The van der Waals surface area contributed by atoms with Crippen LogP contribution >= 0.6 is 0 Å². The van der Waals surface area contributed by atoms with E-state index in [2.05, 4.69) is 22.3 Å². The number of piperidine rings is 1. The van der Waals surface area contributed by atoms with Gasteiger partial charge in [-0.3, -0.25) is 9.20 Å². The summed E-state index contributed by atoms with van der Waals surface area (Å²) in [6.45, 7) is 1.54. The summed E-state index contributed by atoms with van der Waals surface area (Å²) in [4.78, 5) is 15.1. The van der Waals surface area contributed by atoms with Crippen LogP contribution in [0.2, 0.25) is 0 Å². The zero-order chi connectivity index (χ0) is 17.5. The van der Waals surface area contributed by atoms with E-state index in [1.807, 2.05) is 39.8 Å². The molecule has 3 heterocycles. The van der Waals surface area contributed by atoms with Crippen LogP contribution in [0.1, 0.15) is 52.5 Å². The second-order valence-electron chi connectivity index (χ2n) is 7.41. The number of fused-ring (bicyclic) bond motifs is 2. The van der Waals surface area contributed by atoms with E-state index in [0.717, 1.165) is 49.3 Å². The molecule has 26 heavy (non-hydrogen) atoms. The summed E-state index contributed by atoms with van der Waals surface area (Å²) in [5.74, 6) is 1.35. The topological polar surface area (TPSA) is 50.5 Å². The summed E-state index contributed by atoms with van der Waals surface area (Å²) in [5, 5.41) is 8.68. The van der Waals surface area contributed by atoms with Gasteiger partial charge in [-0.25, -0.2) is 0 Å². The standard InChI is InChI=1S/C21H22N4O/c26-21(17-10-9-15-5-3-6-16(15)13-17)24-11-4-7-18(14-24)20-23-22-19-8-1-2-12-25(19)20/h1-2,8-10,12-13,18H,3-7,11,14H2. The van der Waals surface area contributed by atoms with Crippen LogP contribution in [0.3, 0.4) is 0 Å². The number of benzene rings is 1. The Balaban J connectivity index is 1.39. The zero-order valence-corrected chi connectivity index (χ0v) is 14.8. The van der Waals surface area contributed by atoms with Crippen LogP contribution < -0.4 is 0 Å². The predicted octanol–water partition coefficient (Wildman–Crippen LogP) is 3.24. The Morgan fingerprint density at radius 3 is 2.92 bits per heavy atom. The number of aryl methyl sites for hydroxylation is 2. The smallest absolute Gasteiger partial charge is 0.253 e. The Hall–Kier alpha value is -2.69. The normalized spacial score (nSPS) is 19.7. The highest BCUT2D eigenvalue weighted by Crippen LogP contribution is 2.28. The molecule has 0 spiro atoms. The van der Waals surface area contributed by atoms with Gasteiger partial charge >= 0.3 is 0 Å². The first-order valence-electron chi connectivity index (χ1n) is 9.50. The lowest BCUT2D eigenvalue weighted by Gasteiger charge is -2.32. The molecule has 2 aromatic heterocycles. The number of carbonyl (C=O) groups is 1. The van der Waals surface area contributed by atoms with Gasteiger partial charge in [-0.1, -0.05) is 12.1 Å². The first kappa shape index (κ1) is 15.6. The summed E-state index contributed by atoms with van der Waals surface area (Å²) in [6.07, 6.45) is 7.51. The Bertz CT molecular complexity index is 977. The van der Waals surface area contributed by atoms with Gasteiger partial charge in [-0.15, -0.1) is 10.2 Å². The maximum Gasteiger partial charge on any atom is 0.253 e. The lowest BCUT2D eigenvalue weighted by molar-refractivity contribution is 0.0704. The molecule has 5 heteroatoms. The minimum absolute atomic E-state index is 0.151. The van der Waals surface area contributed by atoms with Crippen molar-refractivity contribution in [3.63, 3.8) is 0 Å². The van der Waals surface area contributed by atoms with Gasteiger partial charge in [0.15, 0.2) is 5.65 Å². The molecule has 0 N–H and O–H groups in total. The third-order valence-electron chi connectivity index (χ3n) is 5.76. The van der Waals surface area contributed by atoms with Crippen molar-refractivity contribution >= 4 is 11.6 Å². The van der Waals surface area contributed by atoms with Crippen LogP contribution in [-0.2, 0) is 12.8 Å². The van der Waals surface area contributed by atoms with Crippen LogP contribution in [-0.4, -0.2) is 38.5 Å². The summed E-state index contributed by atoms with van der Waals surface area (Å²) < 4.78 is 2.05. The van der Waals surface area contributed by atoms with Gasteiger partial charge in [0.1, 0.15) is 5.82 Å². The highest BCUT2D eigenvalue weighted by atomic mass is 16.2. The fourth-order valence-corrected chi connectivity index (χ4v) is 4.40. The number of hydrogen-bond donors (Lipinski definition) is 0. The SMILES string of the molecule is O=C(c1ccc2c(c1)CCC2)N1CCCC(c2nnc3ccccn23)C1. The molecule has 1 aromatic carbocycles. The first-order valence-corrected chi connectivity index (χ1v) is 9.50. The maximum atomic E-state index is 13.1. The van der Waals surface area contributed by atoms with E-state index in [1.54, 1.807) is 0 Å². The highest BCUT2D eigenvalue weighted by Gasteiger charge is 2.28. The van der Waals surface area contributed by atoms with Crippen LogP contribution in [0.15, 0.2) is 42.6 Å². The minimum Gasteiger partial charge on any atom is -0.338 e. The third kappa shape index (κ3) is 2.59. The van der Waals surface area contributed by atoms with Crippen molar-refractivity contribution in [3.05, 3.63) is 65.1 Å². The average molecular weight is 346 g/mol. The summed E-state index contributed by atoms with van der Waals surface area (Å²) in [5.41, 5.74) is 4.46. The minimum atomic E-state index is 0.151. The predicted molar refractivity (Wildman–Crippen MR) is 99.3 cm³/mol. The third-order valence-corrected chi connectivity index (χ3v) is 5.76. The van der Waals surface area contributed by atoms with E-state index in [0.29, 0.717) is 6.54 Å². The van der Waals surface area contributed by atoms with Crippen molar-refractivity contribution in [2.24, 2.45) is 0 Å². The number of rotatable bonds is 2. The molecule has 1 saturated heterocycles. The van der Waals surface area contributed by atoms with E-state index in [4.69, 9.17) is 0 Å². The summed E-state index contributed by atoms with van der Waals surface area (Å²) in [6, 6.07) is 12.2. The van der Waals surface area contributed by atoms with E-state index in [-0.39, 0.29) is 11.8 Å². The summed E-state index contributed by atoms with van der Waals surface area (Å²) >= 11 is 0. The van der Waals surface area contributed by atoms with Gasteiger partial charge in [-0.2, -0.15) is 0 Å². The molecule has 1 aliphatic carbocycles. The van der Waals surface area contributed by atoms with E-state index in [9.17, 15) is 4.79 Å². The van der Waals surface area contributed by atoms with E-state index < -0.39 is 0 Å². The first-order chi connectivity index (χ1) is 12.8. The largest absolute Gasteiger partial charge is 0.338 e. The Morgan fingerprint density at radius 2 is 1.96 bits per heavy atom. The number of amides is 1. The number of likely N-dealkylation sites (tertiary alicyclic amines) is 1. The number of hydrogen-bond acceptors (Lipinski definition) is 3. The molecule has 1 fully saturated rings. The molecule has 5 rings (SSSR count). The van der Waals surface area contributed by atoms with Crippen molar-refractivity contribution in [1.29, 1.82) is 0 Å².